The number of nitrogens with zero attached hydrogens (tertiary/aromatic N) is 1. The third-order valence-corrected chi connectivity index (χ3v) is 4.18. The number of ether oxygens (including phenoxy) is 1. The maximum Gasteiger partial charge on any atom is 0.340 e. The van der Waals surface area contributed by atoms with Gasteiger partial charge in [-0.3, -0.25) is 9.59 Å². The lowest BCUT2D eigenvalue weighted by molar-refractivity contribution is 0.0527. The fourth-order valence-electron chi connectivity index (χ4n) is 2.75. The maximum atomic E-state index is 13.1. The number of nitrogens with one attached hydrogen (secondary N) is 1. The fourth-order valence-corrected chi connectivity index (χ4v) is 2.75. The monoisotopic (exact) mass is 394 g/mol. The van der Waals surface area contributed by atoms with Gasteiger partial charge in [0, 0.05) is 12.3 Å². The van der Waals surface area contributed by atoms with Crippen LogP contribution in [-0.2, 0) is 11.3 Å². The average Bonchev–Trinajstić information content (AvgIpc) is 2.71. The largest absolute Gasteiger partial charge is 0.462 e. The molecule has 0 aliphatic carbocycles. The highest BCUT2D eigenvalue weighted by atomic mass is 19.1. The minimum Gasteiger partial charge on any atom is -0.462 e. The molecule has 0 fully saturated rings. The minimum absolute atomic E-state index is 0.194. The van der Waals surface area contributed by atoms with Crippen LogP contribution < -0.4 is 10.9 Å². The van der Waals surface area contributed by atoms with Crippen LogP contribution in [0.4, 0.5) is 10.1 Å². The molecule has 1 N–H and O–H groups in total. The Morgan fingerprint density at radius 2 is 1.76 bits per heavy atom. The van der Waals surface area contributed by atoms with E-state index in [1.807, 2.05) is 0 Å². The number of amides is 1. The van der Waals surface area contributed by atoms with Gasteiger partial charge in [-0.2, -0.15) is 0 Å². The molecule has 29 heavy (non-hydrogen) atoms. The molecule has 0 saturated heterocycles. The van der Waals surface area contributed by atoms with Gasteiger partial charge < -0.3 is 14.6 Å². The lowest BCUT2D eigenvalue weighted by atomic mass is 10.1. The summed E-state index contributed by atoms with van der Waals surface area (Å²) in [6.45, 7) is 2.11. The second-order valence-corrected chi connectivity index (χ2v) is 6.23. The topological polar surface area (TPSA) is 77.4 Å². The van der Waals surface area contributed by atoms with Crippen molar-refractivity contribution in [1.82, 2.24) is 4.57 Å². The molecule has 0 unspecified atom stereocenters. The van der Waals surface area contributed by atoms with E-state index in [1.165, 1.54) is 35.0 Å². The molecule has 0 aliphatic heterocycles. The zero-order valence-electron chi connectivity index (χ0n) is 15.7. The Morgan fingerprint density at radius 1 is 1.03 bits per heavy atom. The molecule has 1 aromatic heterocycles. The van der Waals surface area contributed by atoms with Crippen LogP contribution in [0.1, 0.15) is 33.2 Å². The number of carbonyl (C=O) groups excluding carboxylic acids is 2. The van der Waals surface area contributed by atoms with Gasteiger partial charge in [0.05, 0.1) is 30.0 Å². The van der Waals surface area contributed by atoms with E-state index in [9.17, 15) is 18.8 Å². The molecule has 0 aliphatic rings. The van der Waals surface area contributed by atoms with Gasteiger partial charge in [0.25, 0.3) is 11.5 Å². The third kappa shape index (κ3) is 4.95. The van der Waals surface area contributed by atoms with Crippen LogP contribution in [-0.4, -0.2) is 23.1 Å². The quantitative estimate of drug-likeness (QED) is 0.650. The van der Waals surface area contributed by atoms with Crippen LogP contribution in [0.5, 0.6) is 0 Å². The number of rotatable bonds is 6. The smallest absolute Gasteiger partial charge is 0.340 e. The summed E-state index contributed by atoms with van der Waals surface area (Å²) in [6.07, 6.45) is 1.42. The van der Waals surface area contributed by atoms with E-state index in [-0.39, 0.29) is 35.7 Å². The van der Waals surface area contributed by atoms with Crippen molar-refractivity contribution in [1.29, 1.82) is 0 Å². The Labute approximate surface area is 166 Å². The van der Waals surface area contributed by atoms with Crippen molar-refractivity contribution in [2.45, 2.75) is 13.5 Å². The first-order valence-electron chi connectivity index (χ1n) is 9.00. The lowest BCUT2D eigenvalue weighted by Crippen LogP contribution is -2.23. The maximum absolute atomic E-state index is 13.1. The zero-order valence-corrected chi connectivity index (χ0v) is 15.7. The summed E-state index contributed by atoms with van der Waals surface area (Å²) < 4.78 is 19.4. The number of para-hydroxylation sites is 1. The molecular weight excluding hydrogens is 375 g/mol. The molecule has 0 radical (unpaired) electrons. The number of hydrogen-bond acceptors (Lipinski definition) is 4. The summed E-state index contributed by atoms with van der Waals surface area (Å²) in [5.74, 6) is -1.38. The van der Waals surface area contributed by atoms with Gasteiger partial charge in [-0.15, -0.1) is 0 Å². The molecule has 1 amide bonds. The van der Waals surface area contributed by atoms with Crippen molar-refractivity contribution in [2.75, 3.05) is 11.9 Å². The molecule has 0 saturated carbocycles. The average molecular weight is 394 g/mol. The molecule has 0 bridgehead atoms. The van der Waals surface area contributed by atoms with Crippen LogP contribution in [0, 0.1) is 5.82 Å². The predicted molar refractivity (Wildman–Crippen MR) is 107 cm³/mol. The second kappa shape index (κ2) is 8.97. The van der Waals surface area contributed by atoms with E-state index in [2.05, 4.69) is 5.32 Å². The summed E-state index contributed by atoms with van der Waals surface area (Å²) in [5.41, 5.74) is 1.22. The van der Waals surface area contributed by atoms with Crippen molar-refractivity contribution in [3.05, 3.63) is 99.7 Å². The van der Waals surface area contributed by atoms with E-state index in [4.69, 9.17) is 4.74 Å². The summed E-state index contributed by atoms with van der Waals surface area (Å²) in [7, 11) is 0. The third-order valence-electron chi connectivity index (χ3n) is 4.18. The first kappa shape index (κ1) is 20.0. The number of hydrogen-bond donors (Lipinski definition) is 1. The van der Waals surface area contributed by atoms with Crippen LogP contribution in [0.2, 0.25) is 0 Å². The fraction of sp³-hybridized carbons (Fsp3) is 0.136. The Hall–Kier alpha value is -3.74. The van der Waals surface area contributed by atoms with E-state index in [0.29, 0.717) is 5.69 Å². The van der Waals surface area contributed by atoms with Gasteiger partial charge >= 0.3 is 5.97 Å². The van der Waals surface area contributed by atoms with Crippen molar-refractivity contribution < 1.29 is 18.7 Å². The number of esters is 1. The minimum atomic E-state index is -0.537. The Balaban J connectivity index is 1.83. The number of carbonyl (C=O) groups is 2. The van der Waals surface area contributed by atoms with Gasteiger partial charge in [-0.05, 0) is 42.8 Å². The summed E-state index contributed by atoms with van der Waals surface area (Å²) in [6, 6.07) is 15.0. The first-order valence-corrected chi connectivity index (χ1v) is 9.00. The van der Waals surface area contributed by atoms with E-state index >= 15 is 0 Å². The summed E-state index contributed by atoms with van der Waals surface area (Å²) in [4.78, 5) is 36.9. The Kier molecular flexibility index (Phi) is 6.19. The van der Waals surface area contributed by atoms with Gasteiger partial charge in [0.15, 0.2) is 0 Å². The van der Waals surface area contributed by atoms with Crippen LogP contribution >= 0.6 is 0 Å². The SMILES string of the molecule is CCOC(=O)c1ccccc1NC(=O)c1ccc(=O)n(Cc2ccc(F)cc2)c1. The van der Waals surface area contributed by atoms with Crippen LogP contribution in [0.25, 0.3) is 0 Å². The summed E-state index contributed by atoms with van der Waals surface area (Å²) in [5, 5.41) is 2.68. The molecule has 3 aromatic rings. The molecule has 2 aromatic carbocycles. The normalized spacial score (nSPS) is 10.4. The predicted octanol–water partition coefficient (Wildman–Crippen LogP) is 3.46. The number of aromatic nitrogens is 1. The first-order chi connectivity index (χ1) is 14.0. The number of benzene rings is 2. The second-order valence-electron chi connectivity index (χ2n) is 6.23. The van der Waals surface area contributed by atoms with E-state index < -0.39 is 11.9 Å². The van der Waals surface area contributed by atoms with Crippen molar-refractivity contribution in [3.63, 3.8) is 0 Å². The molecule has 7 heteroatoms. The highest BCUT2D eigenvalue weighted by Gasteiger charge is 2.15. The molecule has 3 rings (SSSR count). The van der Waals surface area contributed by atoms with Crippen molar-refractivity contribution >= 4 is 17.6 Å². The Morgan fingerprint density at radius 3 is 2.48 bits per heavy atom. The highest BCUT2D eigenvalue weighted by molar-refractivity contribution is 6.07. The van der Waals surface area contributed by atoms with Gasteiger partial charge in [0.2, 0.25) is 0 Å². The van der Waals surface area contributed by atoms with E-state index in [1.54, 1.807) is 43.3 Å². The zero-order chi connectivity index (χ0) is 20.8. The van der Waals surface area contributed by atoms with Gasteiger partial charge in [-0.25, -0.2) is 9.18 Å². The standard InChI is InChI=1S/C22H19FN2O4/c1-2-29-22(28)18-5-3-4-6-19(18)24-21(27)16-9-12-20(26)25(14-16)13-15-7-10-17(23)11-8-15/h3-12,14H,2,13H2,1H3,(H,24,27). The summed E-state index contributed by atoms with van der Waals surface area (Å²) >= 11 is 0. The highest BCUT2D eigenvalue weighted by Crippen LogP contribution is 2.17. The molecule has 0 spiro atoms. The number of halogens is 1. The van der Waals surface area contributed by atoms with Crippen molar-refractivity contribution in [2.24, 2.45) is 0 Å². The molecule has 6 nitrogen and oxygen atoms in total. The van der Waals surface area contributed by atoms with Gasteiger partial charge in [0.1, 0.15) is 5.82 Å². The Bertz CT molecular complexity index is 1090. The molecular formula is C22H19FN2O4. The van der Waals surface area contributed by atoms with E-state index in [0.717, 1.165) is 5.56 Å². The molecule has 0 atom stereocenters. The number of anilines is 1. The van der Waals surface area contributed by atoms with Crippen LogP contribution in [0.3, 0.4) is 0 Å². The van der Waals surface area contributed by atoms with Gasteiger partial charge in [-0.1, -0.05) is 24.3 Å². The lowest BCUT2D eigenvalue weighted by Gasteiger charge is -2.12. The molecule has 148 valence electrons. The van der Waals surface area contributed by atoms with Crippen LogP contribution in [0.15, 0.2) is 71.7 Å². The van der Waals surface area contributed by atoms with Crippen molar-refractivity contribution in [3.8, 4) is 0 Å². The molecule has 1 heterocycles. The number of pyridine rings is 1.